The molecule has 1 aromatic heterocycles. The minimum Gasteiger partial charge on any atom is -0.376 e. The number of hydrogen-bond donors (Lipinski definition) is 0. The van der Waals surface area contributed by atoms with Crippen molar-refractivity contribution in [2.24, 2.45) is 13.0 Å². The van der Waals surface area contributed by atoms with Crippen molar-refractivity contribution in [3.63, 3.8) is 0 Å². The number of likely N-dealkylation sites (tertiary alicyclic amines) is 1. The van der Waals surface area contributed by atoms with Crippen LogP contribution in [-0.2, 0) is 23.0 Å². The van der Waals surface area contributed by atoms with Crippen LogP contribution in [0.25, 0.3) is 0 Å². The third-order valence-electron chi connectivity index (χ3n) is 7.29. The zero-order valence-electron chi connectivity index (χ0n) is 18.1. The average Bonchev–Trinajstić information content (AvgIpc) is 3.50. The summed E-state index contributed by atoms with van der Waals surface area (Å²) in [6.45, 7) is 4.95. The van der Waals surface area contributed by atoms with E-state index in [-0.39, 0.29) is 12.0 Å². The lowest BCUT2D eigenvalue weighted by Gasteiger charge is -2.38. The zero-order chi connectivity index (χ0) is 20.1. The molecule has 0 spiro atoms. The molecule has 162 valence electrons. The Hall–Kier alpha value is -1.40. The second-order valence-corrected chi connectivity index (χ2v) is 9.30. The van der Waals surface area contributed by atoms with E-state index in [1.807, 2.05) is 24.0 Å². The summed E-state index contributed by atoms with van der Waals surface area (Å²) in [6, 6.07) is 2.84. The van der Waals surface area contributed by atoms with Gasteiger partial charge in [0.1, 0.15) is 0 Å². The van der Waals surface area contributed by atoms with Crippen LogP contribution in [0.5, 0.6) is 0 Å². The molecule has 0 aromatic carbocycles. The van der Waals surface area contributed by atoms with Gasteiger partial charge in [-0.2, -0.15) is 5.10 Å². The lowest BCUT2D eigenvalue weighted by Crippen LogP contribution is -2.45. The molecule has 1 aliphatic carbocycles. The number of ether oxygens (including phenoxy) is 1. The zero-order valence-corrected chi connectivity index (χ0v) is 18.1. The Labute approximate surface area is 175 Å². The van der Waals surface area contributed by atoms with Crippen LogP contribution in [0.4, 0.5) is 0 Å². The van der Waals surface area contributed by atoms with Gasteiger partial charge in [0.2, 0.25) is 5.91 Å². The van der Waals surface area contributed by atoms with Crippen LogP contribution in [0.3, 0.4) is 0 Å². The van der Waals surface area contributed by atoms with E-state index in [1.165, 1.54) is 51.6 Å². The normalized spacial score (nSPS) is 24.4. The molecule has 1 atom stereocenters. The molecule has 1 amide bonds. The van der Waals surface area contributed by atoms with Gasteiger partial charge in [-0.3, -0.25) is 9.48 Å². The second kappa shape index (κ2) is 10.1. The van der Waals surface area contributed by atoms with Crippen molar-refractivity contribution >= 4 is 5.91 Å². The van der Waals surface area contributed by atoms with Gasteiger partial charge in [-0.1, -0.05) is 12.8 Å². The van der Waals surface area contributed by atoms with Gasteiger partial charge in [0.05, 0.1) is 6.10 Å². The van der Waals surface area contributed by atoms with Crippen LogP contribution >= 0.6 is 0 Å². The van der Waals surface area contributed by atoms with Gasteiger partial charge in [-0.15, -0.1) is 0 Å². The molecule has 1 aromatic rings. The number of piperidine rings is 1. The van der Waals surface area contributed by atoms with E-state index in [0.717, 1.165) is 50.7 Å². The molecule has 3 fully saturated rings. The highest BCUT2D eigenvalue weighted by Crippen LogP contribution is 2.28. The number of amides is 1. The predicted molar refractivity (Wildman–Crippen MR) is 114 cm³/mol. The van der Waals surface area contributed by atoms with Gasteiger partial charge in [0, 0.05) is 51.1 Å². The quantitative estimate of drug-likeness (QED) is 0.671. The Morgan fingerprint density at radius 3 is 2.59 bits per heavy atom. The fourth-order valence-electron chi connectivity index (χ4n) is 5.43. The maximum absolute atomic E-state index is 13.1. The Morgan fingerprint density at radius 1 is 1.14 bits per heavy atom. The van der Waals surface area contributed by atoms with Crippen molar-refractivity contribution in [1.29, 1.82) is 0 Å². The molecule has 1 saturated carbocycles. The molecule has 0 N–H and O–H groups in total. The van der Waals surface area contributed by atoms with Gasteiger partial charge in [0.15, 0.2) is 0 Å². The van der Waals surface area contributed by atoms with Crippen molar-refractivity contribution in [2.75, 3.05) is 32.8 Å². The van der Waals surface area contributed by atoms with Gasteiger partial charge in [0.25, 0.3) is 0 Å². The molecule has 2 saturated heterocycles. The number of hydrogen-bond acceptors (Lipinski definition) is 4. The van der Waals surface area contributed by atoms with Gasteiger partial charge < -0.3 is 14.5 Å². The summed E-state index contributed by atoms with van der Waals surface area (Å²) in [6.07, 6.45) is 13.6. The first-order valence-corrected chi connectivity index (χ1v) is 11.8. The number of rotatable bonds is 8. The SMILES string of the molecule is Cn1nccc1CCC(=O)N(CC1CCN(C2CCCC2)CC1)C[C@H]1CCCO1. The maximum atomic E-state index is 13.1. The summed E-state index contributed by atoms with van der Waals surface area (Å²) in [7, 11) is 1.95. The smallest absolute Gasteiger partial charge is 0.223 e. The number of carbonyl (C=O) groups excluding carboxylic acids is 1. The predicted octanol–water partition coefficient (Wildman–Crippen LogP) is 3.01. The summed E-state index contributed by atoms with van der Waals surface area (Å²) >= 11 is 0. The first kappa shape index (κ1) is 20.9. The Bertz CT molecular complexity index is 641. The van der Waals surface area contributed by atoms with Crippen molar-refractivity contribution in [1.82, 2.24) is 19.6 Å². The summed E-state index contributed by atoms with van der Waals surface area (Å²) in [5.41, 5.74) is 1.13. The van der Waals surface area contributed by atoms with Crippen LogP contribution in [-0.4, -0.2) is 70.4 Å². The molecular formula is C23H38N4O2. The molecular weight excluding hydrogens is 364 g/mol. The van der Waals surface area contributed by atoms with Crippen LogP contribution in [0.2, 0.25) is 0 Å². The molecule has 6 heteroatoms. The maximum Gasteiger partial charge on any atom is 0.223 e. The number of aromatic nitrogens is 2. The van der Waals surface area contributed by atoms with E-state index in [4.69, 9.17) is 4.74 Å². The van der Waals surface area contributed by atoms with Crippen molar-refractivity contribution in [3.8, 4) is 0 Å². The van der Waals surface area contributed by atoms with E-state index >= 15 is 0 Å². The Kier molecular flexibility index (Phi) is 7.24. The molecule has 0 unspecified atom stereocenters. The van der Waals surface area contributed by atoms with E-state index in [1.54, 1.807) is 0 Å². The molecule has 3 aliphatic rings. The monoisotopic (exact) mass is 402 g/mol. The molecule has 29 heavy (non-hydrogen) atoms. The number of nitrogens with zero attached hydrogens (tertiary/aromatic N) is 4. The molecule has 0 bridgehead atoms. The molecule has 4 rings (SSSR count). The largest absolute Gasteiger partial charge is 0.376 e. The fraction of sp³-hybridized carbons (Fsp3) is 0.826. The van der Waals surface area contributed by atoms with Crippen molar-refractivity contribution in [2.45, 2.75) is 76.4 Å². The molecule has 6 nitrogen and oxygen atoms in total. The van der Waals surface area contributed by atoms with Crippen molar-refractivity contribution in [3.05, 3.63) is 18.0 Å². The topological polar surface area (TPSA) is 50.6 Å². The molecule has 2 aliphatic heterocycles. The first-order valence-electron chi connectivity index (χ1n) is 11.8. The lowest BCUT2D eigenvalue weighted by molar-refractivity contribution is -0.133. The molecule has 0 radical (unpaired) electrons. The van der Waals surface area contributed by atoms with E-state index in [0.29, 0.717) is 12.3 Å². The highest BCUT2D eigenvalue weighted by Gasteiger charge is 2.30. The number of carbonyl (C=O) groups is 1. The molecule has 3 heterocycles. The van der Waals surface area contributed by atoms with Crippen LogP contribution < -0.4 is 0 Å². The van der Waals surface area contributed by atoms with Crippen LogP contribution in [0.1, 0.15) is 63.5 Å². The summed E-state index contributed by atoms with van der Waals surface area (Å²) in [4.78, 5) is 18.0. The van der Waals surface area contributed by atoms with E-state index in [9.17, 15) is 4.79 Å². The average molecular weight is 403 g/mol. The Morgan fingerprint density at radius 2 is 1.93 bits per heavy atom. The van der Waals surface area contributed by atoms with Crippen LogP contribution in [0.15, 0.2) is 12.3 Å². The third-order valence-corrected chi connectivity index (χ3v) is 7.29. The standard InChI is InChI=1S/C23H38N4O2/c1-25-20(10-13-24-25)8-9-23(28)27(18-22-7-4-16-29-22)17-19-11-14-26(15-12-19)21-5-2-3-6-21/h10,13,19,21-22H,2-9,11-12,14-18H2,1H3/t22-/m1/s1. The summed E-state index contributed by atoms with van der Waals surface area (Å²) < 4.78 is 7.73. The lowest BCUT2D eigenvalue weighted by atomic mass is 9.94. The van der Waals surface area contributed by atoms with E-state index < -0.39 is 0 Å². The minimum absolute atomic E-state index is 0.231. The van der Waals surface area contributed by atoms with Crippen LogP contribution in [0, 0.1) is 5.92 Å². The first-order chi connectivity index (χ1) is 14.2. The number of aryl methyl sites for hydroxylation is 2. The summed E-state index contributed by atoms with van der Waals surface area (Å²) in [5.74, 6) is 0.912. The van der Waals surface area contributed by atoms with Gasteiger partial charge in [-0.05, 0) is 70.0 Å². The second-order valence-electron chi connectivity index (χ2n) is 9.30. The van der Waals surface area contributed by atoms with Crippen molar-refractivity contribution < 1.29 is 9.53 Å². The van der Waals surface area contributed by atoms with Gasteiger partial charge >= 0.3 is 0 Å². The fourth-order valence-corrected chi connectivity index (χ4v) is 5.43. The highest BCUT2D eigenvalue weighted by atomic mass is 16.5. The van der Waals surface area contributed by atoms with E-state index in [2.05, 4.69) is 14.9 Å². The third kappa shape index (κ3) is 5.60. The minimum atomic E-state index is 0.231. The highest BCUT2D eigenvalue weighted by molar-refractivity contribution is 5.76. The summed E-state index contributed by atoms with van der Waals surface area (Å²) in [5, 5.41) is 4.22. The van der Waals surface area contributed by atoms with Gasteiger partial charge in [-0.25, -0.2) is 0 Å². The Balaban J connectivity index is 1.30.